The summed E-state index contributed by atoms with van der Waals surface area (Å²) in [7, 11) is 0. The highest BCUT2D eigenvalue weighted by Crippen LogP contribution is 2.11. The second kappa shape index (κ2) is 8.29. The predicted octanol–water partition coefficient (Wildman–Crippen LogP) is 3.48. The molecule has 19 heavy (non-hydrogen) atoms. The van der Waals surface area contributed by atoms with E-state index in [-0.39, 0.29) is 12.3 Å². The summed E-state index contributed by atoms with van der Waals surface area (Å²) in [5, 5.41) is 0. The summed E-state index contributed by atoms with van der Waals surface area (Å²) in [5.74, 6) is -0.897. The molecule has 0 aromatic heterocycles. The van der Waals surface area contributed by atoms with Crippen molar-refractivity contribution in [3.8, 4) is 0 Å². The van der Waals surface area contributed by atoms with Gasteiger partial charge in [-0.25, -0.2) is 4.79 Å². The second-order valence-electron chi connectivity index (χ2n) is 4.18. The van der Waals surface area contributed by atoms with Crippen LogP contribution in [0.2, 0.25) is 0 Å². The monoisotopic (exact) mass is 263 g/mol. The first kappa shape index (κ1) is 15.2. The van der Waals surface area contributed by atoms with Crippen molar-refractivity contribution in [2.45, 2.75) is 39.5 Å². The number of unbranched alkanes of at least 4 members (excludes halogenated alkanes) is 2. The van der Waals surface area contributed by atoms with Gasteiger partial charge in [0.05, 0.1) is 5.56 Å². The number of carbonyl (C=O) groups excluding carboxylic acids is 2. The van der Waals surface area contributed by atoms with Crippen molar-refractivity contribution in [3.05, 3.63) is 42.2 Å². The van der Waals surface area contributed by atoms with E-state index < -0.39 is 5.97 Å². The summed E-state index contributed by atoms with van der Waals surface area (Å²) in [6.07, 6.45) is 3.12. The van der Waals surface area contributed by atoms with Crippen LogP contribution in [0.4, 0.5) is 0 Å². The van der Waals surface area contributed by atoms with Gasteiger partial charge in [-0.3, -0.25) is 4.79 Å². The van der Waals surface area contributed by atoms with Crippen LogP contribution in [0.15, 0.2) is 30.3 Å². The standard InChI is InChI=1S/C15H19O4/c1-3-4-6-11-14(16)18-12(2)19-15(17)13-9-7-5-8-10-13/h5,7-10H,3-4,6,11H2,1-2H3. The van der Waals surface area contributed by atoms with E-state index in [1.807, 2.05) is 0 Å². The fraction of sp³-hybridized carbons (Fsp3) is 0.400. The van der Waals surface area contributed by atoms with E-state index >= 15 is 0 Å². The molecule has 0 N–H and O–H groups in total. The summed E-state index contributed by atoms with van der Waals surface area (Å²) in [5.41, 5.74) is 0.420. The maximum Gasteiger partial charge on any atom is 0.341 e. The number of hydrogen-bond acceptors (Lipinski definition) is 4. The molecule has 0 saturated carbocycles. The van der Waals surface area contributed by atoms with Gasteiger partial charge in [0.25, 0.3) is 0 Å². The third-order valence-corrected chi connectivity index (χ3v) is 2.49. The summed E-state index contributed by atoms with van der Waals surface area (Å²) in [6.45, 7) is 3.52. The van der Waals surface area contributed by atoms with Gasteiger partial charge in [-0.2, -0.15) is 0 Å². The van der Waals surface area contributed by atoms with Crippen LogP contribution in [0, 0.1) is 6.29 Å². The van der Waals surface area contributed by atoms with Gasteiger partial charge in [0.15, 0.2) is 0 Å². The Morgan fingerprint density at radius 2 is 1.74 bits per heavy atom. The second-order valence-corrected chi connectivity index (χ2v) is 4.18. The van der Waals surface area contributed by atoms with Gasteiger partial charge in [0.2, 0.25) is 0 Å². The SMILES string of the molecule is CCCCCC(=O)O[C](C)OC(=O)c1ccccc1. The minimum absolute atomic E-state index is 0.0321. The van der Waals surface area contributed by atoms with Crippen molar-refractivity contribution in [1.29, 1.82) is 0 Å². The van der Waals surface area contributed by atoms with Crippen molar-refractivity contribution >= 4 is 11.9 Å². The fourth-order valence-corrected chi connectivity index (χ4v) is 1.52. The predicted molar refractivity (Wildman–Crippen MR) is 71.0 cm³/mol. The van der Waals surface area contributed by atoms with Crippen molar-refractivity contribution in [2.75, 3.05) is 0 Å². The Kier molecular flexibility index (Phi) is 6.64. The number of hydrogen-bond donors (Lipinski definition) is 0. The number of ether oxygens (including phenoxy) is 2. The maximum absolute atomic E-state index is 11.7. The van der Waals surface area contributed by atoms with Crippen LogP contribution in [0.1, 0.15) is 49.9 Å². The molecule has 1 aromatic carbocycles. The normalized spacial score (nSPS) is 10.3. The summed E-state index contributed by atoms with van der Waals surface area (Å²) in [6, 6.07) is 8.56. The maximum atomic E-state index is 11.7. The Bertz CT molecular complexity index is 400. The first-order chi connectivity index (χ1) is 9.13. The van der Waals surface area contributed by atoms with Crippen molar-refractivity contribution in [1.82, 2.24) is 0 Å². The molecule has 4 heteroatoms. The van der Waals surface area contributed by atoms with Crippen molar-refractivity contribution in [3.63, 3.8) is 0 Å². The summed E-state index contributed by atoms with van der Waals surface area (Å²) in [4.78, 5) is 23.1. The Labute approximate surface area is 113 Å². The number of rotatable bonds is 7. The molecule has 0 spiro atoms. The minimum Gasteiger partial charge on any atom is -0.415 e. The average molecular weight is 263 g/mol. The highest BCUT2D eigenvalue weighted by molar-refractivity contribution is 5.89. The topological polar surface area (TPSA) is 52.6 Å². The molecule has 0 amide bonds. The highest BCUT2D eigenvalue weighted by atomic mass is 16.7. The van der Waals surface area contributed by atoms with Gasteiger partial charge >= 0.3 is 18.2 Å². The number of esters is 2. The van der Waals surface area contributed by atoms with Crippen LogP contribution in [0.5, 0.6) is 0 Å². The van der Waals surface area contributed by atoms with E-state index in [2.05, 4.69) is 6.92 Å². The molecule has 1 rings (SSSR count). The van der Waals surface area contributed by atoms with Gasteiger partial charge in [0, 0.05) is 13.3 Å². The summed E-state index contributed by atoms with van der Waals surface area (Å²) < 4.78 is 9.87. The average Bonchev–Trinajstić information content (AvgIpc) is 2.39. The molecule has 0 aliphatic rings. The van der Waals surface area contributed by atoms with E-state index in [9.17, 15) is 9.59 Å². The molecule has 0 bridgehead atoms. The minimum atomic E-state index is -0.528. The molecule has 0 saturated heterocycles. The lowest BCUT2D eigenvalue weighted by Crippen LogP contribution is -2.15. The van der Waals surface area contributed by atoms with Gasteiger partial charge in [-0.15, -0.1) is 0 Å². The Morgan fingerprint density at radius 3 is 2.37 bits per heavy atom. The molecule has 1 aromatic rings. The van der Waals surface area contributed by atoms with Crippen LogP contribution < -0.4 is 0 Å². The smallest absolute Gasteiger partial charge is 0.341 e. The van der Waals surface area contributed by atoms with Gasteiger partial charge in [-0.05, 0) is 18.6 Å². The van der Waals surface area contributed by atoms with E-state index in [0.29, 0.717) is 12.0 Å². The Morgan fingerprint density at radius 1 is 1.05 bits per heavy atom. The molecule has 0 aliphatic heterocycles. The van der Waals surface area contributed by atoms with Crippen LogP contribution in [0.3, 0.4) is 0 Å². The molecular weight excluding hydrogens is 244 g/mol. The molecule has 103 valence electrons. The van der Waals surface area contributed by atoms with Gasteiger partial charge < -0.3 is 9.47 Å². The lowest BCUT2D eigenvalue weighted by Gasteiger charge is -2.11. The molecule has 0 unspecified atom stereocenters. The van der Waals surface area contributed by atoms with E-state index in [1.54, 1.807) is 30.3 Å². The fourth-order valence-electron chi connectivity index (χ4n) is 1.52. The van der Waals surface area contributed by atoms with Gasteiger partial charge in [0.1, 0.15) is 0 Å². The zero-order valence-corrected chi connectivity index (χ0v) is 11.3. The lowest BCUT2D eigenvalue weighted by molar-refractivity contribution is -0.149. The Hall–Kier alpha value is -1.84. The first-order valence-corrected chi connectivity index (χ1v) is 6.45. The van der Waals surface area contributed by atoms with E-state index in [0.717, 1.165) is 19.3 Å². The van der Waals surface area contributed by atoms with Crippen molar-refractivity contribution < 1.29 is 19.1 Å². The zero-order chi connectivity index (χ0) is 14.1. The Balaban J connectivity index is 2.33. The van der Waals surface area contributed by atoms with Crippen molar-refractivity contribution in [2.24, 2.45) is 0 Å². The lowest BCUT2D eigenvalue weighted by atomic mass is 10.2. The summed E-state index contributed by atoms with van der Waals surface area (Å²) >= 11 is 0. The third kappa shape index (κ3) is 6.04. The molecule has 0 aliphatic carbocycles. The van der Waals surface area contributed by atoms with Crippen LogP contribution in [-0.2, 0) is 14.3 Å². The third-order valence-electron chi connectivity index (χ3n) is 2.49. The van der Waals surface area contributed by atoms with Crippen LogP contribution >= 0.6 is 0 Å². The zero-order valence-electron chi connectivity index (χ0n) is 11.3. The van der Waals surface area contributed by atoms with Crippen LogP contribution in [-0.4, -0.2) is 11.9 Å². The quantitative estimate of drug-likeness (QED) is 0.558. The van der Waals surface area contributed by atoms with E-state index in [4.69, 9.17) is 9.47 Å². The molecular formula is C15H19O4. The number of carbonyl (C=O) groups is 2. The van der Waals surface area contributed by atoms with Gasteiger partial charge in [-0.1, -0.05) is 38.0 Å². The molecule has 4 nitrogen and oxygen atoms in total. The molecule has 1 radical (unpaired) electrons. The van der Waals surface area contributed by atoms with E-state index in [1.165, 1.54) is 6.92 Å². The van der Waals surface area contributed by atoms with Crippen LogP contribution in [0.25, 0.3) is 0 Å². The molecule has 0 heterocycles. The number of benzene rings is 1. The first-order valence-electron chi connectivity index (χ1n) is 6.45. The molecule has 0 atom stereocenters. The largest absolute Gasteiger partial charge is 0.415 e. The highest BCUT2D eigenvalue weighted by Gasteiger charge is 2.17. The molecule has 0 fully saturated rings.